The first-order chi connectivity index (χ1) is 27.2. The summed E-state index contributed by atoms with van der Waals surface area (Å²) in [6.45, 7) is 3.63. The maximum atomic E-state index is 12.7. The minimum Gasteiger partial charge on any atom is -0.479 e. The van der Waals surface area contributed by atoms with Crippen LogP contribution in [0.1, 0.15) is 155 Å². The Balaban J connectivity index is 2.43. The van der Waals surface area contributed by atoms with Crippen LogP contribution in [-0.2, 0) is 33.3 Å². The van der Waals surface area contributed by atoms with Crippen molar-refractivity contribution in [1.82, 2.24) is 0 Å². The van der Waals surface area contributed by atoms with Gasteiger partial charge in [-0.2, -0.15) is 0 Å². The molecule has 0 radical (unpaired) electrons. The Morgan fingerprint density at radius 3 is 1.59 bits per heavy atom. The molecule has 56 heavy (non-hydrogen) atoms. The molecule has 320 valence electrons. The van der Waals surface area contributed by atoms with Crippen LogP contribution in [0.5, 0.6) is 0 Å². The van der Waals surface area contributed by atoms with Crippen LogP contribution >= 0.6 is 0 Å². The number of hydrogen-bond donors (Lipinski definition) is 4. The third kappa shape index (κ3) is 26.7. The summed E-state index contributed by atoms with van der Waals surface area (Å²) in [5, 5.41) is 39.8. The van der Waals surface area contributed by atoms with Crippen molar-refractivity contribution in [3.63, 3.8) is 0 Å². The fraction of sp³-hybridized carbons (Fsp3) is 0.711. The topological polar surface area (TPSA) is 169 Å². The van der Waals surface area contributed by atoms with Crippen molar-refractivity contribution in [2.45, 2.75) is 192 Å². The first-order valence-corrected chi connectivity index (χ1v) is 21.3. The van der Waals surface area contributed by atoms with Crippen molar-refractivity contribution in [1.29, 1.82) is 0 Å². The highest BCUT2D eigenvalue weighted by atomic mass is 16.7. The molecule has 0 aromatic heterocycles. The van der Waals surface area contributed by atoms with Gasteiger partial charge in [-0.15, -0.1) is 0 Å². The van der Waals surface area contributed by atoms with Crippen LogP contribution in [-0.4, -0.2) is 88.4 Å². The zero-order valence-corrected chi connectivity index (χ0v) is 34.4. The summed E-state index contributed by atoms with van der Waals surface area (Å²) in [5.41, 5.74) is 0. The number of esters is 2. The van der Waals surface area contributed by atoms with Crippen LogP contribution < -0.4 is 0 Å². The van der Waals surface area contributed by atoms with Gasteiger partial charge in [0.1, 0.15) is 24.9 Å². The number of rotatable bonds is 34. The van der Waals surface area contributed by atoms with Gasteiger partial charge in [-0.3, -0.25) is 9.59 Å². The third-order valence-corrected chi connectivity index (χ3v) is 9.35. The molecule has 1 heterocycles. The Hall–Kier alpha value is -3.09. The number of ether oxygens (including phenoxy) is 4. The van der Waals surface area contributed by atoms with Gasteiger partial charge in [0.15, 0.2) is 18.5 Å². The second kappa shape index (κ2) is 35.1. The first kappa shape index (κ1) is 50.9. The van der Waals surface area contributed by atoms with E-state index in [4.69, 9.17) is 18.9 Å². The van der Waals surface area contributed by atoms with Crippen molar-refractivity contribution < 1.29 is 53.8 Å². The molecule has 0 bridgehead atoms. The van der Waals surface area contributed by atoms with E-state index in [1.54, 1.807) is 0 Å². The summed E-state index contributed by atoms with van der Waals surface area (Å²) in [4.78, 5) is 36.8. The number of aliphatic hydroxyl groups is 3. The van der Waals surface area contributed by atoms with Crippen LogP contribution in [0.3, 0.4) is 0 Å². The smallest absolute Gasteiger partial charge is 0.335 e. The van der Waals surface area contributed by atoms with Crippen molar-refractivity contribution in [2.24, 2.45) is 0 Å². The van der Waals surface area contributed by atoms with E-state index < -0.39 is 61.3 Å². The summed E-state index contributed by atoms with van der Waals surface area (Å²) in [6, 6.07) is 0. The van der Waals surface area contributed by atoms with Crippen LogP contribution in [0.25, 0.3) is 0 Å². The molecule has 0 saturated carbocycles. The summed E-state index contributed by atoms with van der Waals surface area (Å²) < 4.78 is 21.7. The number of unbranched alkanes of at least 4 members (excludes halogenated alkanes) is 13. The predicted octanol–water partition coefficient (Wildman–Crippen LogP) is 8.75. The summed E-state index contributed by atoms with van der Waals surface area (Å²) >= 11 is 0. The van der Waals surface area contributed by atoms with Gasteiger partial charge < -0.3 is 39.4 Å². The summed E-state index contributed by atoms with van der Waals surface area (Å²) in [6.07, 6.45) is 32.7. The average Bonchev–Trinajstić information content (AvgIpc) is 3.18. The monoisotopic (exact) mass is 791 g/mol. The summed E-state index contributed by atoms with van der Waals surface area (Å²) in [5.74, 6) is -2.49. The molecule has 1 fully saturated rings. The lowest BCUT2D eigenvalue weighted by Crippen LogP contribution is -2.60. The molecular formula is C45H74O11. The first-order valence-electron chi connectivity index (χ1n) is 21.3. The average molecular weight is 791 g/mol. The number of carbonyl (C=O) groups excluding carboxylic acids is 2. The van der Waals surface area contributed by atoms with E-state index in [9.17, 15) is 34.8 Å². The van der Waals surface area contributed by atoms with Crippen molar-refractivity contribution in [3.8, 4) is 0 Å². The Kier molecular flexibility index (Phi) is 31.9. The standard InChI is InChI=1S/C45H74O11/c1-3-5-7-9-11-13-15-17-19-21-23-25-27-29-31-33-38(46)53-35-37(36-54-45-42(50)40(48)41(49)43(56-45)44(51)52)55-39(47)34-32-30-28-26-24-22-20-18-16-14-12-10-8-6-4-2/h5,7,11-14,17-20,37,40-43,45,48-50H,3-4,6,8-10,15-16,21-36H2,1-2H3,(H,51,52)/b7-5-,13-11-,14-12-,19-17-,20-18-. The number of carboxylic acids is 1. The molecular weight excluding hydrogens is 716 g/mol. The van der Waals surface area contributed by atoms with Gasteiger partial charge in [-0.05, 0) is 77.0 Å². The van der Waals surface area contributed by atoms with Crippen molar-refractivity contribution in [2.75, 3.05) is 13.2 Å². The molecule has 0 aromatic carbocycles. The fourth-order valence-electron chi connectivity index (χ4n) is 5.98. The Bertz CT molecular complexity index is 1160. The lowest BCUT2D eigenvalue weighted by Gasteiger charge is -2.38. The van der Waals surface area contributed by atoms with E-state index in [0.29, 0.717) is 12.8 Å². The Morgan fingerprint density at radius 1 is 0.571 bits per heavy atom. The van der Waals surface area contributed by atoms with Crippen molar-refractivity contribution in [3.05, 3.63) is 60.8 Å². The molecule has 0 aromatic rings. The molecule has 0 amide bonds. The molecule has 1 aliphatic rings. The van der Waals surface area contributed by atoms with Crippen molar-refractivity contribution >= 4 is 17.9 Å². The minimum atomic E-state index is -1.87. The largest absolute Gasteiger partial charge is 0.479 e. The second-order valence-electron chi connectivity index (χ2n) is 14.4. The van der Waals surface area contributed by atoms with Gasteiger partial charge in [0.25, 0.3) is 0 Å². The van der Waals surface area contributed by atoms with E-state index in [2.05, 4.69) is 74.6 Å². The lowest BCUT2D eigenvalue weighted by molar-refractivity contribution is -0.298. The maximum Gasteiger partial charge on any atom is 0.335 e. The number of allylic oxidation sites excluding steroid dienone is 10. The molecule has 1 rings (SSSR count). The molecule has 0 aliphatic carbocycles. The zero-order chi connectivity index (χ0) is 41.1. The molecule has 0 spiro atoms. The van der Waals surface area contributed by atoms with Crippen LogP contribution in [0.2, 0.25) is 0 Å². The number of hydrogen-bond acceptors (Lipinski definition) is 10. The summed E-state index contributed by atoms with van der Waals surface area (Å²) in [7, 11) is 0. The maximum absolute atomic E-state index is 12.7. The van der Waals surface area contributed by atoms with Gasteiger partial charge in [-0.1, -0.05) is 126 Å². The van der Waals surface area contributed by atoms with Crippen LogP contribution in [0.4, 0.5) is 0 Å². The number of aliphatic carboxylic acids is 1. The molecule has 1 aliphatic heterocycles. The zero-order valence-electron chi connectivity index (χ0n) is 34.4. The highest BCUT2D eigenvalue weighted by Crippen LogP contribution is 2.23. The van der Waals surface area contributed by atoms with E-state index in [1.807, 2.05) is 0 Å². The normalized spacial score (nSPS) is 20.9. The Morgan fingerprint density at radius 2 is 1.05 bits per heavy atom. The number of carboxylic acid groups (broad SMARTS) is 1. The number of carbonyl (C=O) groups is 3. The fourth-order valence-corrected chi connectivity index (χ4v) is 5.98. The molecule has 11 heteroatoms. The lowest BCUT2D eigenvalue weighted by atomic mass is 9.99. The van der Waals surface area contributed by atoms with E-state index in [-0.39, 0.29) is 19.4 Å². The van der Waals surface area contributed by atoms with Gasteiger partial charge >= 0.3 is 17.9 Å². The van der Waals surface area contributed by atoms with Gasteiger partial charge in [0, 0.05) is 12.8 Å². The van der Waals surface area contributed by atoms with E-state index >= 15 is 0 Å². The molecule has 4 N–H and O–H groups in total. The van der Waals surface area contributed by atoms with Gasteiger partial charge in [0.2, 0.25) is 0 Å². The molecule has 11 nitrogen and oxygen atoms in total. The molecule has 1 saturated heterocycles. The predicted molar refractivity (Wildman–Crippen MR) is 220 cm³/mol. The van der Waals surface area contributed by atoms with Gasteiger partial charge in [0.05, 0.1) is 6.61 Å². The number of aliphatic hydroxyl groups excluding tert-OH is 3. The van der Waals surface area contributed by atoms with Crippen LogP contribution in [0, 0.1) is 0 Å². The SMILES string of the molecule is CC/C=C\C/C=C\C/C=C\CCCCCCCC(=O)OCC(COC1OC(C(=O)O)C(O)C(O)C1O)OC(=O)CCCCCCC/C=C\C/C=C\CCCCC. The van der Waals surface area contributed by atoms with E-state index in [1.165, 1.54) is 19.3 Å². The minimum absolute atomic E-state index is 0.160. The Labute approximate surface area is 336 Å². The highest BCUT2D eigenvalue weighted by molar-refractivity contribution is 5.73. The highest BCUT2D eigenvalue weighted by Gasteiger charge is 2.47. The van der Waals surface area contributed by atoms with Gasteiger partial charge in [-0.25, -0.2) is 4.79 Å². The molecule has 6 unspecified atom stereocenters. The van der Waals surface area contributed by atoms with E-state index in [0.717, 1.165) is 96.3 Å². The second-order valence-corrected chi connectivity index (χ2v) is 14.4. The van der Waals surface area contributed by atoms with Crippen LogP contribution in [0.15, 0.2) is 60.8 Å². The molecule has 6 atom stereocenters. The third-order valence-electron chi connectivity index (χ3n) is 9.35. The quantitative estimate of drug-likeness (QED) is 0.0279.